The summed E-state index contributed by atoms with van der Waals surface area (Å²) in [5.41, 5.74) is 5.14. The largest absolute Gasteiger partial charge is 0.330 e. The van der Waals surface area contributed by atoms with Crippen LogP contribution in [0.2, 0.25) is 0 Å². The Morgan fingerprint density at radius 1 is 1.57 bits per heavy atom. The van der Waals surface area contributed by atoms with Gasteiger partial charge in [-0.15, -0.1) is 0 Å². The average molecular weight is 126 g/mol. The van der Waals surface area contributed by atoms with Crippen molar-refractivity contribution in [2.75, 3.05) is 6.54 Å². The number of nitrogens with two attached hydrogens (primary N) is 1. The zero-order chi connectivity index (χ0) is 6.12. The highest BCUT2D eigenvalue weighted by atomic mass is 35.5. The van der Waals surface area contributed by atoms with Crippen LogP contribution in [0.1, 0.15) is 19.8 Å². The van der Waals surface area contributed by atoms with Crippen molar-refractivity contribution in [3.05, 3.63) is 0 Å². The second-order valence-corrected chi connectivity index (χ2v) is 1.14. The molecule has 7 heavy (non-hydrogen) atoms. The molecule has 0 aromatic carbocycles. The van der Waals surface area contributed by atoms with E-state index in [2.05, 4.69) is 18.8 Å². The van der Waals surface area contributed by atoms with Gasteiger partial charge in [-0.2, -0.15) is 0 Å². The molecule has 0 rings (SSSR count). The molecule has 0 atom stereocenters. The fraction of sp³-hybridized carbons (Fsp3) is 1.00. The second kappa shape index (κ2) is 16.4. The molecule has 0 radical (unpaired) electrons. The van der Waals surface area contributed by atoms with E-state index in [-0.39, 0.29) is 0 Å². The fourth-order valence-electron chi connectivity index (χ4n) is 0.204. The molecule has 0 amide bonds. The smallest absolute Gasteiger partial charge is 0.0579 e. The maximum atomic E-state index is 6.47. The first-order valence-electron chi connectivity index (χ1n) is 2.28. The molecule has 0 bridgehead atoms. The number of rotatable bonds is 2. The van der Waals surface area contributed by atoms with Crippen LogP contribution in [0.3, 0.4) is 0 Å². The van der Waals surface area contributed by atoms with E-state index in [1.165, 1.54) is 12.8 Å². The summed E-state index contributed by atoms with van der Waals surface area (Å²) in [7, 11) is 0. The summed E-state index contributed by atoms with van der Waals surface area (Å²) < 4.78 is 6.47. The van der Waals surface area contributed by atoms with E-state index in [9.17, 15) is 0 Å². The van der Waals surface area contributed by atoms with E-state index in [1.807, 2.05) is 0 Å². The predicted molar refractivity (Wildman–Crippen MR) is 32.0 cm³/mol. The summed E-state index contributed by atoms with van der Waals surface area (Å²) in [6.07, 6.45) is 2.39. The molecule has 0 aliphatic rings. The Hall–Kier alpha value is 0.210. The molecule has 0 unspecified atom stereocenters. The van der Waals surface area contributed by atoms with Gasteiger partial charge in [0.25, 0.3) is 0 Å². The lowest BCUT2D eigenvalue weighted by Crippen LogP contribution is -1.95. The minimum atomic E-state index is 0.844. The lowest BCUT2D eigenvalue weighted by molar-refractivity contribution is 0.632. The predicted octanol–water partition coefficient (Wildman–Crippen LogP) is 0.878. The van der Waals surface area contributed by atoms with Gasteiger partial charge < -0.3 is 5.73 Å². The van der Waals surface area contributed by atoms with Crippen LogP contribution >= 0.6 is 11.9 Å². The van der Waals surface area contributed by atoms with Gasteiger partial charge in [-0.05, 0) is 13.0 Å². The normalized spacial score (nSPS) is 6.86. The lowest BCUT2D eigenvalue weighted by atomic mass is 10.3. The van der Waals surface area contributed by atoms with Crippen LogP contribution in [0, 0.1) is 0 Å². The topological polar surface area (TPSA) is 46.2 Å². The molecule has 0 aromatic rings. The minimum absolute atomic E-state index is 0.844. The molecule has 0 aliphatic carbocycles. The summed E-state index contributed by atoms with van der Waals surface area (Å²) in [6, 6.07) is 0. The van der Waals surface area contributed by atoms with E-state index in [0.717, 1.165) is 6.54 Å². The minimum Gasteiger partial charge on any atom is -0.330 e. The second-order valence-electron chi connectivity index (χ2n) is 1.14. The Labute approximate surface area is 49.4 Å². The van der Waals surface area contributed by atoms with Crippen molar-refractivity contribution in [2.45, 2.75) is 19.8 Å². The number of hydrogen-bond acceptors (Lipinski definition) is 2. The van der Waals surface area contributed by atoms with Crippen molar-refractivity contribution >= 4 is 11.9 Å². The maximum Gasteiger partial charge on any atom is 0.0579 e. The van der Waals surface area contributed by atoms with Gasteiger partial charge in [-0.25, -0.2) is 0 Å². The Kier molecular flexibility index (Phi) is 23.9. The SMILES string of the molecule is CCCCN.OCl. The Balaban J connectivity index is 0. The summed E-state index contributed by atoms with van der Waals surface area (Å²) in [5.74, 6) is 0. The maximum absolute atomic E-state index is 6.47. The highest BCUT2D eigenvalue weighted by molar-refractivity contribution is 6.04. The molecular formula is C4H12ClNO. The van der Waals surface area contributed by atoms with Crippen LogP contribution in [-0.4, -0.2) is 11.2 Å². The van der Waals surface area contributed by atoms with Crippen LogP contribution in [0.5, 0.6) is 0 Å². The molecular weight excluding hydrogens is 114 g/mol. The quantitative estimate of drug-likeness (QED) is 0.576. The Bertz CT molecular complexity index is 19.2. The van der Waals surface area contributed by atoms with Crippen LogP contribution in [0.25, 0.3) is 0 Å². The fourth-order valence-corrected chi connectivity index (χ4v) is 0.204. The van der Waals surface area contributed by atoms with Crippen molar-refractivity contribution in [1.82, 2.24) is 0 Å². The van der Waals surface area contributed by atoms with Crippen molar-refractivity contribution in [1.29, 1.82) is 0 Å². The summed E-state index contributed by atoms with van der Waals surface area (Å²) in [4.78, 5) is 0. The third-order valence-corrected chi connectivity index (χ3v) is 0.558. The number of hydrogen-bond donors (Lipinski definition) is 2. The first kappa shape index (κ1) is 10.2. The monoisotopic (exact) mass is 125 g/mol. The van der Waals surface area contributed by atoms with Crippen LogP contribution in [0.15, 0.2) is 0 Å². The molecule has 0 heterocycles. The molecule has 0 saturated heterocycles. The van der Waals surface area contributed by atoms with Crippen molar-refractivity contribution in [3.8, 4) is 0 Å². The molecule has 0 aliphatic heterocycles. The Morgan fingerprint density at radius 3 is 2.00 bits per heavy atom. The third-order valence-electron chi connectivity index (χ3n) is 0.558. The summed E-state index contributed by atoms with van der Waals surface area (Å²) >= 11 is 3.64. The lowest BCUT2D eigenvalue weighted by Gasteiger charge is -1.80. The van der Waals surface area contributed by atoms with Crippen LogP contribution in [-0.2, 0) is 0 Å². The van der Waals surface area contributed by atoms with Gasteiger partial charge in [-0.3, -0.25) is 4.66 Å². The van der Waals surface area contributed by atoms with E-state index >= 15 is 0 Å². The molecule has 0 spiro atoms. The molecule has 0 saturated carbocycles. The van der Waals surface area contributed by atoms with Gasteiger partial charge in [0.2, 0.25) is 0 Å². The van der Waals surface area contributed by atoms with E-state index in [4.69, 9.17) is 10.4 Å². The molecule has 0 fully saturated rings. The first-order valence-corrected chi connectivity index (χ1v) is 2.62. The van der Waals surface area contributed by atoms with Gasteiger partial charge in [0.05, 0.1) is 11.9 Å². The number of unbranched alkanes of at least 4 members (excludes halogenated alkanes) is 1. The van der Waals surface area contributed by atoms with Crippen molar-refractivity contribution < 1.29 is 4.66 Å². The van der Waals surface area contributed by atoms with Crippen LogP contribution in [0.4, 0.5) is 0 Å². The summed E-state index contributed by atoms with van der Waals surface area (Å²) in [6.45, 7) is 2.98. The standard InChI is InChI=1S/C4H11N.ClHO/c1-2-3-4-5;1-2/h2-5H2,1H3;2H. The average Bonchev–Trinajstić information content (AvgIpc) is 1.75. The van der Waals surface area contributed by atoms with Gasteiger partial charge >= 0.3 is 0 Å². The zero-order valence-electron chi connectivity index (χ0n) is 4.52. The molecule has 3 heteroatoms. The van der Waals surface area contributed by atoms with Gasteiger partial charge in [-0.1, -0.05) is 13.3 Å². The van der Waals surface area contributed by atoms with Crippen molar-refractivity contribution in [3.63, 3.8) is 0 Å². The van der Waals surface area contributed by atoms with E-state index < -0.39 is 0 Å². The highest BCUT2D eigenvalue weighted by Gasteiger charge is 1.67. The highest BCUT2D eigenvalue weighted by Crippen LogP contribution is 1.77. The first-order chi connectivity index (χ1) is 3.41. The molecule has 46 valence electrons. The Morgan fingerprint density at radius 2 is 2.00 bits per heavy atom. The molecule has 3 N–H and O–H groups in total. The number of halogens is 1. The van der Waals surface area contributed by atoms with Gasteiger partial charge in [0, 0.05) is 0 Å². The van der Waals surface area contributed by atoms with E-state index in [1.54, 1.807) is 0 Å². The summed E-state index contributed by atoms with van der Waals surface area (Å²) in [5, 5.41) is 0. The zero-order valence-corrected chi connectivity index (χ0v) is 5.28. The third kappa shape index (κ3) is 22.5. The van der Waals surface area contributed by atoms with Gasteiger partial charge in [0.1, 0.15) is 0 Å². The van der Waals surface area contributed by atoms with Crippen molar-refractivity contribution in [2.24, 2.45) is 5.73 Å². The molecule has 0 aromatic heterocycles. The van der Waals surface area contributed by atoms with Crippen LogP contribution < -0.4 is 5.73 Å². The van der Waals surface area contributed by atoms with Gasteiger partial charge in [0.15, 0.2) is 0 Å². The van der Waals surface area contributed by atoms with E-state index in [0.29, 0.717) is 0 Å². The molecule has 2 nitrogen and oxygen atoms in total.